The Labute approximate surface area is 137 Å². The molecule has 24 heavy (non-hydrogen) atoms. The minimum Gasteiger partial charge on any atom is -0.493 e. The van der Waals surface area contributed by atoms with E-state index in [0.717, 1.165) is 0 Å². The number of hydrogen-bond donors (Lipinski definition) is 1. The SMILES string of the molecule is COc1cc2c(cc1OC)[C@H](C(=O)O)[C@@H](c1ccncc1)OC2=O. The number of ether oxygens (including phenoxy) is 3. The number of carbonyl (C=O) groups excluding carboxylic acids is 1. The molecule has 1 aliphatic rings. The maximum atomic E-state index is 12.4. The predicted octanol–water partition coefficient (Wildman–Crippen LogP) is 2.18. The summed E-state index contributed by atoms with van der Waals surface area (Å²) >= 11 is 0. The van der Waals surface area contributed by atoms with Gasteiger partial charge in [-0.25, -0.2) is 4.79 Å². The second-order valence-corrected chi connectivity index (χ2v) is 5.22. The zero-order chi connectivity index (χ0) is 17.3. The molecular formula is C17H15NO6. The molecule has 1 aliphatic heterocycles. The number of nitrogens with zero attached hydrogens (tertiary/aromatic N) is 1. The summed E-state index contributed by atoms with van der Waals surface area (Å²) in [7, 11) is 2.88. The number of esters is 1. The van der Waals surface area contributed by atoms with Gasteiger partial charge in [-0.05, 0) is 35.4 Å². The number of rotatable bonds is 4. The van der Waals surface area contributed by atoms with E-state index in [1.165, 1.54) is 38.7 Å². The van der Waals surface area contributed by atoms with Gasteiger partial charge in [0, 0.05) is 12.4 Å². The molecule has 0 aliphatic carbocycles. The molecule has 0 spiro atoms. The first-order valence-electron chi connectivity index (χ1n) is 7.16. The van der Waals surface area contributed by atoms with Crippen LogP contribution in [0.15, 0.2) is 36.7 Å². The summed E-state index contributed by atoms with van der Waals surface area (Å²) in [6.45, 7) is 0. The number of cyclic esters (lactones) is 1. The highest BCUT2D eigenvalue weighted by Gasteiger charge is 2.42. The van der Waals surface area contributed by atoms with Crippen LogP contribution in [0.5, 0.6) is 11.5 Å². The lowest BCUT2D eigenvalue weighted by molar-refractivity contribution is -0.142. The molecule has 7 nitrogen and oxygen atoms in total. The zero-order valence-corrected chi connectivity index (χ0v) is 13.1. The fraction of sp³-hybridized carbons (Fsp3) is 0.235. The molecule has 0 bridgehead atoms. The van der Waals surface area contributed by atoms with E-state index >= 15 is 0 Å². The topological polar surface area (TPSA) is 95.0 Å². The van der Waals surface area contributed by atoms with Crippen LogP contribution in [0.1, 0.15) is 33.5 Å². The number of carboxylic acid groups (broad SMARTS) is 1. The van der Waals surface area contributed by atoms with E-state index in [9.17, 15) is 14.7 Å². The Morgan fingerprint density at radius 1 is 1.17 bits per heavy atom. The maximum absolute atomic E-state index is 12.4. The van der Waals surface area contributed by atoms with E-state index in [1.54, 1.807) is 12.1 Å². The van der Waals surface area contributed by atoms with Crippen LogP contribution >= 0.6 is 0 Å². The Morgan fingerprint density at radius 2 is 1.79 bits per heavy atom. The molecule has 0 saturated carbocycles. The Hall–Kier alpha value is -3.09. The fourth-order valence-corrected chi connectivity index (χ4v) is 2.81. The molecule has 0 radical (unpaired) electrons. The van der Waals surface area contributed by atoms with E-state index in [1.807, 2.05) is 0 Å². The first-order chi connectivity index (χ1) is 11.6. The summed E-state index contributed by atoms with van der Waals surface area (Å²) in [4.78, 5) is 28.2. The van der Waals surface area contributed by atoms with Crippen LogP contribution in [-0.4, -0.2) is 36.2 Å². The molecule has 0 fully saturated rings. The van der Waals surface area contributed by atoms with Crippen molar-refractivity contribution in [3.05, 3.63) is 53.3 Å². The number of pyridine rings is 1. The quantitative estimate of drug-likeness (QED) is 0.859. The van der Waals surface area contributed by atoms with Gasteiger partial charge in [-0.3, -0.25) is 9.78 Å². The molecule has 2 aromatic rings. The molecule has 3 rings (SSSR count). The summed E-state index contributed by atoms with van der Waals surface area (Å²) in [6.07, 6.45) is 2.10. The van der Waals surface area contributed by atoms with Crippen molar-refractivity contribution in [2.24, 2.45) is 0 Å². The van der Waals surface area contributed by atoms with Gasteiger partial charge in [0.15, 0.2) is 11.5 Å². The van der Waals surface area contributed by atoms with Crippen LogP contribution in [0.2, 0.25) is 0 Å². The smallest absolute Gasteiger partial charge is 0.339 e. The number of aromatic nitrogens is 1. The second kappa shape index (κ2) is 6.19. The number of carboxylic acids is 1. The Balaban J connectivity index is 2.18. The molecule has 1 N–H and O–H groups in total. The summed E-state index contributed by atoms with van der Waals surface area (Å²) in [5, 5.41) is 9.71. The van der Waals surface area contributed by atoms with E-state index in [-0.39, 0.29) is 5.56 Å². The third kappa shape index (κ3) is 2.54. The van der Waals surface area contributed by atoms with Gasteiger partial charge in [-0.1, -0.05) is 0 Å². The van der Waals surface area contributed by atoms with Gasteiger partial charge in [0.2, 0.25) is 0 Å². The third-order valence-corrected chi connectivity index (χ3v) is 3.95. The lowest BCUT2D eigenvalue weighted by Gasteiger charge is -2.31. The molecule has 124 valence electrons. The normalized spacial score (nSPS) is 19.2. The standard InChI is InChI=1S/C17H15NO6/c1-22-12-7-10-11(8-13(12)23-2)17(21)24-15(14(10)16(19)20)9-3-5-18-6-4-9/h3-8,14-15H,1-2H3,(H,19,20)/t14-,15+/m0/s1. The van der Waals surface area contributed by atoms with Gasteiger partial charge in [-0.15, -0.1) is 0 Å². The Morgan fingerprint density at radius 3 is 2.38 bits per heavy atom. The van der Waals surface area contributed by atoms with Gasteiger partial charge in [0.05, 0.1) is 19.8 Å². The van der Waals surface area contributed by atoms with Crippen LogP contribution in [0.4, 0.5) is 0 Å². The fourth-order valence-electron chi connectivity index (χ4n) is 2.81. The summed E-state index contributed by atoms with van der Waals surface area (Å²) in [6, 6.07) is 6.20. The third-order valence-electron chi connectivity index (χ3n) is 3.95. The molecular weight excluding hydrogens is 314 g/mol. The molecule has 2 atom stereocenters. The monoisotopic (exact) mass is 329 g/mol. The molecule has 0 amide bonds. The summed E-state index contributed by atoms with van der Waals surface area (Å²) in [5.41, 5.74) is 1.05. The van der Waals surface area contributed by atoms with E-state index < -0.39 is 24.0 Å². The van der Waals surface area contributed by atoms with Crippen LogP contribution in [0.25, 0.3) is 0 Å². The lowest BCUT2D eigenvalue weighted by atomic mass is 9.84. The molecule has 7 heteroatoms. The maximum Gasteiger partial charge on any atom is 0.339 e. The van der Waals surface area contributed by atoms with Crippen molar-refractivity contribution in [3.8, 4) is 11.5 Å². The molecule has 0 saturated heterocycles. The van der Waals surface area contributed by atoms with Gasteiger partial charge >= 0.3 is 11.9 Å². The minimum atomic E-state index is -1.10. The van der Waals surface area contributed by atoms with Gasteiger partial charge < -0.3 is 19.3 Å². The highest BCUT2D eigenvalue weighted by molar-refractivity contribution is 5.97. The second-order valence-electron chi connectivity index (χ2n) is 5.22. The van der Waals surface area contributed by atoms with Crippen LogP contribution in [0, 0.1) is 0 Å². The number of carbonyl (C=O) groups is 2. The van der Waals surface area contributed by atoms with Crippen LogP contribution in [0.3, 0.4) is 0 Å². The molecule has 2 heterocycles. The van der Waals surface area contributed by atoms with Gasteiger partial charge in [-0.2, -0.15) is 0 Å². The van der Waals surface area contributed by atoms with E-state index in [4.69, 9.17) is 14.2 Å². The lowest BCUT2D eigenvalue weighted by Crippen LogP contribution is -2.31. The number of methoxy groups -OCH3 is 2. The van der Waals surface area contributed by atoms with Gasteiger partial charge in [0.25, 0.3) is 0 Å². The highest BCUT2D eigenvalue weighted by Crippen LogP contribution is 2.44. The van der Waals surface area contributed by atoms with Crippen molar-refractivity contribution < 1.29 is 28.9 Å². The largest absolute Gasteiger partial charge is 0.493 e. The van der Waals surface area contributed by atoms with E-state index in [2.05, 4.69) is 4.98 Å². The average Bonchev–Trinajstić information content (AvgIpc) is 2.60. The minimum absolute atomic E-state index is 0.158. The number of aliphatic carboxylic acids is 1. The summed E-state index contributed by atoms with van der Waals surface area (Å²) in [5.74, 6) is -2.08. The predicted molar refractivity (Wildman–Crippen MR) is 82.3 cm³/mol. The van der Waals surface area contributed by atoms with Crippen molar-refractivity contribution >= 4 is 11.9 Å². The Bertz CT molecular complexity index is 789. The molecule has 1 aromatic heterocycles. The van der Waals surface area contributed by atoms with Crippen LogP contribution in [-0.2, 0) is 9.53 Å². The first kappa shape index (κ1) is 15.8. The number of hydrogen-bond acceptors (Lipinski definition) is 6. The van der Waals surface area contributed by atoms with Crippen molar-refractivity contribution in [1.82, 2.24) is 4.98 Å². The van der Waals surface area contributed by atoms with Crippen molar-refractivity contribution in [2.45, 2.75) is 12.0 Å². The molecule has 0 unspecified atom stereocenters. The molecule has 1 aromatic carbocycles. The summed E-state index contributed by atoms with van der Waals surface area (Å²) < 4.78 is 15.8. The average molecular weight is 329 g/mol. The van der Waals surface area contributed by atoms with Crippen molar-refractivity contribution in [3.63, 3.8) is 0 Å². The van der Waals surface area contributed by atoms with Crippen molar-refractivity contribution in [1.29, 1.82) is 0 Å². The zero-order valence-electron chi connectivity index (χ0n) is 13.1. The number of benzene rings is 1. The first-order valence-corrected chi connectivity index (χ1v) is 7.16. The van der Waals surface area contributed by atoms with E-state index in [0.29, 0.717) is 22.6 Å². The highest BCUT2D eigenvalue weighted by atomic mass is 16.5. The van der Waals surface area contributed by atoms with Crippen molar-refractivity contribution in [2.75, 3.05) is 14.2 Å². The van der Waals surface area contributed by atoms with Crippen LogP contribution < -0.4 is 9.47 Å². The number of fused-ring (bicyclic) bond motifs is 1. The Kier molecular flexibility index (Phi) is 4.07. The van der Waals surface area contributed by atoms with Gasteiger partial charge in [0.1, 0.15) is 12.0 Å².